The summed E-state index contributed by atoms with van der Waals surface area (Å²) in [7, 11) is 1.62. The fourth-order valence-corrected chi connectivity index (χ4v) is 3.52. The van der Waals surface area contributed by atoms with Crippen LogP contribution in [0.1, 0.15) is 12.0 Å². The minimum absolute atomic E-state index is 0.0667. The molecule has 0 saturated carbocycles. The molecule has 0 bridgehead atoms. The average molecular weight is 290 g/mol. The van der Waals surface area contributed by atoms with E-state index in [2.05, 4.69) is 18.2 Å². The van der Waals surface area contributed by atoms with Gasteiger partial charge >= 0.3 is 0 Å². The highest BCUT2D eigenvalue weighted by molar-refractivity contribution is 8.01. The van der Waals surface area contributed by atoms with Crippen molar-refractivity contribution in [2.24, 2.45) is 0 Å². The van der Waals surface area contributed by atoms with Crippen molar-refractivity contribution in [1.29, 1.82) is 5.26 Å². The molecule has 106 valence electrons. The highest BCUT2D eigenvalue weighted by atomic mass is 32.2. The molecular weight excluding hydrogens is 272 g/mol. The van der Waals surface area contributed by atoms with E-state index in [1.807, 2.05) is 12.1 Å². The molecule has 1 aromatic carbocycles. The van der Waals surface area contributed by atoms with Gasteiger partial charge in [-0.1, -0.05) is 18.2 Å². The quantitative estimate of drug-likeness (QED) is 0.805. The fraction of sp³-hybridized carbons (Fsp3) is 0.467. The molecule has 1 aliphatic rings. The number of thioether (sulfide) groups is 1. The Kier molecular flexibility index (Phi) is 5.45. The first-order valence-electron chi connectivity index (χ1n) is 6.65. The number of nitriles is 1. The summed E-state index contributed by atoms with van der Waals surface area (Å²) in [5.41, 5.74) is 1.24. The van der Waals surface area contributed by atoms with Crippen molar-refractivity contribution in [3.05, 3.63) is 29.8 Å². The molecule has 0 spiro atoms. The van der Waals surface area contributed by atoms with Crippen molar-refractivity contribution in [2.75, 3.05) is 26.8 Å². The summed E-state index contributed by atoms with van der Waals surface area (Å²) >= 11 is 1.62. The lowest BCUT2D eigenvalue weighted by atomic mass is 10.1. The normalized spacial score (nSPS) is 16.5. The van der Waals surface area contributed by atoms with Crippen LogP contribution in [0.25, 0.3) is 0 Å². The van der Waals surface area contributed by atoms with Crippen molar-refractivity contribution in [1.82, 2.24) is 4.90 Å². The molecule has 5 heteroatoms. The van der Waals surface area contributed by atoms with Crippen molar-refractivity contribution >= 4 is 17.7 Å². The van der Waals surface area contributed by atoms with Crippen LogP contribution in [0.2, 0.25) is 0 Å². The van der Waals surface area contributed by atoms with E-state index in [1.165, 1.54) is 10.5 Å². The third-order valence-electron chi connectivity index (χ3n) is 3.29. The third-order valence-corrected chi connectivity index (χ3v) is 4.60. The maximum atomic E-state index is 12.6. The van der Waals surface area contributed by atoms with Gasteiger partial charge in [0.05, 0.1) is 24.3 Å². The second-order valence-corrected chi connectivity index (χ2v) is 5.89. The molecule has 20 heavy (non-hydrogen) atoms. The molecule has 1 amide bonds. The van der Waals surface area contributed by atoms with Gasteiger partial charge in [0, 0.05) is 25.1 Å². The molecule has 1 heterocycles. The van der Waals surface area contributed by atoms with Gasteiger partial charge in [-0.25, -0.2) is 0 Å². The van der Waals surface area contributed by atoms with Gasteiger partial charge in [0.25, 0.3) is 0 Å². The van der Waals surface area contributed by atoms with Crippen LogP contribution in [-0.2, 0) is 16.0 Å². The minimum atomic E-state index is -0.0667. The maximum absolute atomic E-state index is 12.6. The third kappa shape index (κ3) is 3.53. The number of carbonyl (C=O) groups is 1. The van der Waals surface area contributed by atoms with E-state index in [0.717, 1.165) is 6.42 Å². The molecule has 0 fully saturated rings. The number of amides is 1. The zero-order valence-electron chi connectivity index (χ0n) is 11.5. The van der Waals surface area contributed by atoms with Crippen LogP contribution >= 0.6 is 11.8 Å². The van der Waals surface area contributed by atoms with Gasteiger partial charge < -0.3 is 9.64 Å². The second-order valence-electron chi connectivity index (χ2n) is 4.64. The molecule has 0 aromatic heterocycles. The van der Waals surface area contributed by atoms with Gasteiger partial charge in [0.1, 0.15) is 0 Å². The van der Waals surface area contributed by atoms with E-state index >= 15 is 0 Å². The molecule has 0 aliphatic carbocycles. The van der Waals surface area contributed by atoms with Crippen molar-refractivity contribution < 1.29 is 9.53 Å². The van der Waals surface area contributed by atoms with Crippen LogP contribution in [0.4, 0.5) is 0 Å². The van der Waals surface area contributed by atoms with Gasteiger partial charge in [-0.05, 0) is 18.1 Å². The molecule has 2 rings (SSSR count). The Morgan fingerprint density at radius 3 is 3.00 bits per heavy atom. The number of carbonyl (C=O) groups excluding carboxylic acids is 1. The number of methoxy groups -OCH3 is 1. The number of hydrogen-bond donors (Lipinski definition) is 0. The number of nitrogens with zero attached hydrogens (tertiary/aromatic N) is 2. The first-order valence-corrected chi connectivity index (χ1v) is 7.53. The predicted octanol–water partition coefficient (Wildman–Crippen LogP) is 2.09. The minimum Gasteiger partial charge on any atom is -0.383 e. The Morgan fingerprint density at radius 1 is 1.50 bits per heavy atom. The largest absolute Gasteiger partial charge is 0.383 e. The van der Waals surface area contributed by atoms with E-state index in [-0.39, 0.29) is 11.2 Å². The monoisotopic (exact) mass is 290 g/mol. The molecule has 0 N–H and O–H groups in total. The molecule has 0 radical (unpaired) electrons. The van der Waals surface area contributed by atoms with Gasteiger partial charge in [0.2, 0.25) is 5.91 Å². The molecule has 1 aliphatic heterocycles. The summed E-state index contributed by atoms with van der Waals surface area (Å²) in [6, 6.07) is 10.2. The van der Waals surface area contributed by atoms with Crippen LogP contribution in [0.15, 0.2) is 29.2 Å². The van der Waals surface area contributed by atoms with Crippen LogP contribution in [-0.4, -0.2) is 42.9 Å². The summed E-state index contributed by atoms with van der Waals surface area (Å²) in [4.78, 5) is 15.5. The summed E-state index contributed by atoms with van der Waals surface area (Å²) in [5, 5.41) is 8.64. The van der Waals surface area contributed by atoms with Crippen LogP contribution in [0.5, 0.6) is 0 Å². The van der Waals surface area contributed by atoms with Crippen LogP contribution in [0.3, 0.4) is 0 Å². The molecular formula is C15H18N2O2S. The zero-order valence-corrected chi connectivity index (χ0v) is 12.4. The Labute approximate surface area is 123 Å². The Morgan fingerprint density at radius 2 is 2.30 bits per heavy atom. The predicted molar refractivity (Wildman–Crippen MR) is 78.5 cm³/mol. The fourth-order valence-electron chi connectivity index (χ4n) is 2.24. The maximum Gasteiger partial charge on any atom is 0.236 e. The smallest absolute Gasteiger partial charge is 0.236 e. The SMILES string of the molecule is COCCN(CCC#N)C(=O)C1Cc2ccccc2S1. The summed E-state index contributed by atoms with van der Waals surface area (Å²) in [6.07, 6.45) is 1.13. The van der Waals surface area contributed by atoms with Gasteiger partial charge in [-0.3, -0.25) is 4.79 Å². The van der Waals surface area contributed by atoms with E-state index in [4.69, 9.17) is 10.00 Å². The summed E-state index contributed by atoms with van der Waals surface area (Å²) < 4.78 is 5.04. The van der Waals surface area contributed by atoms with E-state index in [9.17, 15) is 4.79 Å². The van der Waals surface area contributed by atoms with Crippen molar-refractivity contribution in [3.8, 4) is 6.07 Å². The van der Waals surface area contributed by atoms with Gasteiger partial charge in [0.15, 0.2) is 0 Å². The zero-order chi connectivity index (χ0) is 14.4. The lowest BCUT2D eigenvalue weighted by molar-refractivity contribution is -0.131. The van der Waals surface area contributed by atoms with E-state index in [1.54, 1.807) is 23.8 Å². The van der Waals surface area contributed by atoms with Gasteiger partial charge in [-0.15, -0.1) is 11.8 Å². The Balaban J connectivity index is 2.00. The highest BCUT2D eigenvalue weighted by Crippen LogP contribution is 2.37. The van der Waals surface area contributed by atoms with E-state index < -0.39 is 0 Å². The average Bonchev–Trinajstić information content (AvgIpc) is 2.90. The standard InChI is InChI=1S/C15H18N2O2S/c1-19-10-9-17(8-4-7-16)15(18)14-11-12-5-2-3-6-13(12)20-14/h2-3,5-6,14H,4,8-11H2,1H3. The second kappa shape index (κ2) is 7.32. The summed E-state index contributed by atoms with van der Waals surface area (Å²) in [5.74, 6) is 0.110. The lowest BCUT2D eigenvalue weighted by Crippen LogP contribution is -2.40. The van der Waals surface area contributed by atoms with Crippen molar-refractivity contribution in [2.45, 2.75) is 23.0 Å². The number of benzene rings is 1. The summed E-state index contributed by atoms with van der Waals surface area (Å²) in [6.45, 7) is 1.53. The molecule has 1 aromatic rings. The number of hydrogen-bond acceptors (Lipinski definition) is 4. The molecule has 1 atom stereocenters. The van der Waals surface area contributed by atoms with Crippen LogP contribution < -0.4 is 0 Å². The lowest BCUT2D eigenvalue weighted by Gasteiger charge is -2.24. The number of rotatable bonds is 6. The number of fused-ring (bicyclic) bond motifs is 1. The molecule has 0 saturated heterocycles. The van der Waals surface area contributed by atoms with E-state index in [0.29, 0.717) is 26.1 Å². The van der Waals surface area contributed by atoms with Gasteiger partial charge in [-0.2, -0.15) is 5.26 Å². The Hall–Kier alpha value is -1.51. The molecule has 1 unspecified atom stereocenters. The first kappa shape index (κ1) is 14.9. The molecule has 4 nitrogen and oxygen atoms in total. The number of ether oxygens (including phenoxy) is 1. The van der Waals surface area contributed by atoms with Crippen molar-refractivity contribution in [3.63, 3.8) is 0 Å². The van der Waals surface area contributed by atoms with Crippen LogP contribution in [0, 0.1) is 11.3 Å². The Bertz CT molecular complexity index is 488. The first-order chi connectivity index (χ1) is 9.76. The topological polar surface area (TPSA) is 53.3 Å². The highest BCUT2D eigenvalue weighted by Gasteiger charge is 2.31.